The fraction of sp³-hybridized carbons (Fsp3) is 0.278. The highest BCUT2D eigenvalue weighted by atomic mass is 127. The number of halogens is 1. The van der Waals surface area contributed by atoms with E-state index in [1.165, 1.54) is 11.3 Å². The fourth-order valence-corrected chi connectivity index (χ4v) is 2.88. The Morgan fingerprint density at radius 2 is 2.08 bits per heavy atom. The third-order valence-corrected chi connectivity index (χ3v) is 4.05. The van der Waals surface area contributed by atoms with Gasteiger partial charge in [-0.3, -0.25) is 4.99 Å². The first-order valence-electron chi connectivity index (χ1n) is 7.65. The van der Waals surface area contributed by atoms with Crippen molar-refractivity contribution < 1.29 is 9.84 Å². The van der Waals surface area contributed by atoms with Crippen LogP contribution in [0.15, 0.2) is 47.5 Å². The van der Waals surface area contributed by atoms with Gasteiger partial charge in [-0.25, -0.2) is 0 Å². The molecule has 2 aromatic carbocycles. The lowest BCUT2D eigenvalue weighted by Crippen LogP contribution is -2.40. The van der Waals surface area contributed by atoms with Gasteiger partial charge in [-0.1, -0.05) is 24.3 Å². The van der Waals surface area contributed by atoms with Crippen LogP contribution in [0.1, 0.15) is 11.1 Å². The molecule has 0 aliphatic carbocycles. The van der Waals surface area contributed by atoms with Crippen LogP contribution in [0.2, 0.25) is 0 Å². The lowest BCUT2D eigenvalue weighted by molar-refractivity contribution is 0.373. The Morgan fingerprint density at radius 3 is 2.79 bits per heavy atom. The van der Waals surface area contributed by atoms with Gasteiger partial charge < -0.3 is 20.1 Å². The number of aliphatic imine (C=N–C) groups is 1. The SMILES string of the molecule is CN=C(NCc1ccc(OC)c(O)c1)N1CCc2ccccc21.I. The molecule has 0 saturated carbocycles. The number of fused-ring (bicyclic) bond motifs is 1. The van der Waals surface area contributed by atoms with Gasteiger partial charge in [-0.2, -0.15) is 0 Å². The van der Waals surface area contributed by atoms with Gasteiger partial charge in [-0.15, -0.1) is 24.0 Å². The molecule has 0 radical (unpaired) electrons. The first kappa shape index (κ1) is 18.4. The van der Waals surface area contributed by atoms with Gasteiger partial charge in [0.15, 0.2) is 17.5 Å². The summed E-state index contributed by atoms with van der Waals surface area (Å²) in [7, 11) is 3.33. The Balaban J connectivity index is 0.00000208. The number of phenolic OH excluding ortho intramolecular Hbond substituents is 1. The number of rotatable bonds is 3. The number of ether oxygens (including phenoxy) is 1. The van der Waals surface area contributed by atoms with E-state index in [0.29, 0.717) is 12.3 Å². The molecule has 0 unspecified atom stereocenters. The molecule has 0 saturated heterocycles. The Morgan fingerprint density at radius 1 is 1.29 bits per heavy atom. The molecule has 2 N–H and O–H groups in total. The molecular weight excluding hydrogens is 417 g/mol. The number of methoxy groups -OCH3 is 1. The second-order valence-corrected chi connectivity index (χ2v) is 5.44. The third-order valence-electron chi connectivity index (χ3n) is 4.05. The van der Waals surface area contributed by atoms with Gasteiger partial charge in [0, 0.05) is 25.8 Å². The summed E-state index contributed by atoms with van der Waals surface area (Å²) in [6.45, 7) is 1.51. The summed E-state index contributed by atoms with van der Waals surface area (Å²) in [5.74, 6) is 1.46. The first-order chi connectivity index (χ1) is 11.2. The van der Waals surface area contributed by atoms with E-state index in [2.05, 4.69) is 33.4 Å². The lowest BCUT2D eigenvalue weighted by Gasteiger charge is -2.22. The lowest BCUT2D eigenvalue weighted by atomic mass is 10.2. The molecule has 1 aliphatic heterocycles. The zero-order valence-corrected chi connectivity index (χ0v) is 16.2. The molecule has 1 heterocycles. The minimum Gasteiger partial charge on any atom is -0.504 e. The molecule has 1 aliphatic rings. The maximum atomic E-state index is 9.86. The highest BCUT2D eigenvalue weighted by Gasteiger charge is 2.22. The molecule has 24 heavy (non-hydrogen) atoms. The van der Waals surface area contributed by atoms with E-state index in [1.54, 1.807) is 26.3 Å². The van der Waals surface area contributed by atoms with Gasteiger partial charge in [0.05, 0.1) is 7.11 Å². The van der Waals surface area contributed by atoms with Crippen molar-refractivity contribution in [3.05, 3.63) is 53.6 Å². The van der Waals surface area contributed by atoms with Crippen LogP contribution in [0.4, 0.5) is 5.69 Å². The van der Waals surface area contributed by atoms with E-state index in [4.69, 9.17) is 4.74 Å². The Labute approximate surface area is 159 Å². The van der Waals surface area contributed by atoms with E-state index < -0.39 is 0 Å². The van der Waals surface area contributed by atoms with Crippen LogP contribution in [-0.4, -0.2) is 31.8 Å². The number of para-hydroxylation sites is 1. The van der Waals surface area contributed by atoms with Gasteiger partial charge in [0.1, 0.15) is 0 Å². The highest BCUT2D eigenvalue weighted by Crippen LogP contribution is 2.28. The zero-order chi connectivity index (χ0) is 16.2. The van der Waals surface area contributed by atoms with Crippen LogP contribution in [0, 0.1) is 0 Å². The van der Waals surface area contributed by atoms with Crippen LogP contribution in [0.3, 0.4) is 0 Å². The summed E-state index contributed by atoms with van der Waals surface area (Å²) in [6, 6.07) is 13.8. The molecule has 5 nitrogen and oxygen atoms in total. The molecular formula is C18H22IN3O2. The number of hydrogen-bond donors (Lipinski definition) is 2. The summed E-state index contributed by atoms with van der Waals surface area (Å²) in [5.41, 5.74) is 3.52. The largest absolute Gasteiger partial charge is 0.504 e. The number of nitrogens with zero attached hydrogens (tertiary/aromatic N) is 2. The summed E-state index contributed by atoms with van der Waals surface area (Å²) < 4.78 is 5.06. The molecule has 2 aromatic rings. The average Bonchev–Trinajstić information content (AvgIpc) is 3.00. The summed E-state index contributed by atoms with van der Waals surface area (Å²) in [6.07, 6.45) is 1.03. The fourth-order valence-electron chi connectivity index (χ4n) is 2.88. The first-order valence-corrected chi connectivity index (χ1v) is 7.65. The maximum absolute atomic E-state index is 9.86. The van der Waals surface area contributed by atoms with Crippen molar-refractivity contribution in [2.45, 2.75) is 13.0 Å². The third kappa shape index (κ3) is 3.75. The summed E-state index contributed by atoms with van der Waals surface area (Å²) in [4.78, 5) is 6.58. The highest BCUT2D eigenvalue weighted by molar-refractivity contribution is 14.0. The quantitative estimate of drug-likeness (QED) is 0.439. The zero-order valence-electron chi connectivity index (χ0n) is 13.8. The van der Waals surface area contributed by atoms with E-state index in [9.17, 15) is 5.11 Å². The number of guanidine groups is 1. The van der Waals surface area contributed by atoms with Crippen LogP contribution in [-0.2, 0) is 13.0 Å². The van der Waals surface area contributed by atoms with Gasteiger partial charge in [0.25, 0.3) is 0 Å². The minimum atomic E-state index is 0. The van der Waals surface area contributed by atoms with Crippen molar-refractivity contribution in [2.75, 3.05) is 25.6 Å². The normalized spacial score (nSPS) is 13.2. The van der Waals surface area contributed by atoms with Crippen LogP contribution in [0.25, 0.3) is 0 Å². The second-order valence-electron chi connectivity index (χ2n) is 5.44. The average molecular weight is 439 g/mol. The number of phenols is 1. The van der Waals surface area contributed by atoms with Gasteiger partial charge >= 0.3 is 0 Å². The predicted molar refractivity (Wildman–Crippen MR) is 108 cm³/mol. The molecule has 3 rings (SSSR count). The predicted octanol–water partition coefficient (Wildman–Crippen LogP) is 3.16. The topological polar surface area (TPSA) is 57.1 Å². The second kappa shape index (κ2) is 8.23. The van der Waals surface area contributed by atoms with Crippen LogP contribution >= 0.6 is 24.0 Å². The molecule has 0 spiro atoms. The van der Waals surface area contributed by atoms with Crippen molar-refractivity contribution in [3.63, 3.8) is 0 Å². The Hall–Kier alpha value is -1.96. The van der Waals surface area contributed by atoms with E-state index in [1.807, 2.05) is 12.1 Å². The smallest absolute Gasteiger partial charge is 0.198 e. The van der Waals surface area contributed by atoms with Gasteiger partial charge in [0.2, 0.25) is 0 Å². The van der Waals surface area contributed by atoms with E-state index >= 15 is 0 Å². The molecule has 0 atom stereocenters. The van der Waals surface area contributed by atoms with Crippen molar-refractivity contribution in [2.24, 2.45) is 4.99 Å². The molecule has 0 bridgehead atoms. The van der Waals surface area contributed by atoms with E-state index in [0.717, 1.165) is 24.5 Å². The van der Waals surface area contributed by atoms with Crippen LogP contribution in [0.5, 0.6) is 11.5 Å². The Kier molecular flexibility index (Phi) is 6.30. The summed E-state index contributed by atoms with van der Waals surface area (Å²) in [5, 5.41) is 13.2. The van der Waals surface area contributed by atoms with Crippen molar-refractivity contribution >= 4 is 35.6 Å². The van der Waals surface area contributed by atoms with E-state index in [-0.39, 0.29) is 29.7 Å². The number of hydrogen-bond acceptors (Lipinski definition) is 3. The number of anilines is 1. The monoisotopic (exact) mass is 439 g/mol. The minimum absolute atomic E-state index is 0. The standard InChI is InChI=1S/C18H21N3O2.HI/c1-19-18(21-10-9-14-5-3-4-6-15(14)21)20-12-13-7-8-17(23-2)16(22)11-13;/h3-8,11,22H,9-10,12H2,1-2H3,(H,19,20);1H. The Bertz CT molecular complexity index is 734. The summed E-state index contributed by atoms with van der Waals surface area (Å²) >= 11 is 0. The van der Waals surface area contributed by atoms with Crippen molar-refractivity contribution in [1.82, 2.24) is 5.32 Å². The number of aromatic hydroxyl groups is 1. The number of nitrogens with one attached hydrogen (secondary N) is 1. The van der Waals surface area contributed by atoms with Crippen molar-refractivity contribution in [1.29, 1.82) is 0 Å². The maximum Gasteiger partial charge on any atom is 0.198 e. The van der Waals surface area contributed by atoms with Gasteiger partial charge in [-0.05, 0) is 35.7 Å². The molecule has 0 aromatic heterocycles. The molecule has 0 fully saturated rings. The van der Waals surface area contributed by atoms with Crippen LogP contribution < -0.4 is 15.0 Å². The van der Waals surface area contributed by atoms with Crippen molar-refractivity contribution in [3.8, 4) is 11.5 Å². The number of benzene rings is 2. The molecule has 6 heteroatoms. The molecule has 128 valence electrons. The molecule has 0 amide bonds.